The van der Waals surface area contributed by atoms with Crippen LogP contribution in [0.1, 0.15) is 30.0 Å². The van der Waals surface area contributed by atoms with Crippen molar-refractivity contribution in [2.24, 2.45) is 0 Å². The van der Waals surface area contributed by atoms with Gasteiger partial charge >= 0.3 is 0 Å². The second kappa shape index (κ2) is 8.56. The molecule has 0 aliphatic rings. The van der Waals surface area contributed by atoms with Crippen LogP contribution in [0.3, 0.4) is 0 Å². The zero-order valence-electron chi connectivity index (χ0n) is 16.0. The first-order valence-corrected chi connectivity index (χ1v) is 9.25. The Balaban J connectivity index is 1.84. The van der Waals surface area contributed by atoms with Gasteiger partial charge in [-0.2, -0.15) is 0 Å². The van der Waals surface area contributed by atoms with Crippen molar-refractivity contribution >= 4 is 28.5 Å². The van der Waals surface area contributed by atoms with E-state index in [1.165, 1.54) is 6.26 Å². The minimum atomic E-state index is -0.714. The molecule has 1 N–H and O–H groups in total. The topological polar surface area (TPSA) is 84.5 Å². The Bertz CT molecular complexity index is 984. The number of carbonyl (C=O) groups is 3. The van der Waals surface area contributed by atoms with Crippen LogP contribution in [0.15, 0.2) is 53.3 Å². The van der Waals surface area contributed by atoms with Gasteiger partial charge in [-0.25, -0.2) is 0 Å². The van der Waals surface area contributed by atoms with E-state index in [4.69, 9.17) is 4.42 Å². The summed E-state index contributed by atoms with van der Waals surface area (Å²) in [6.45, 7) is 5.34. The van der Waals surface area contributed by atoms with E-state index in [9.17, 15) is 14.4 Å². The highest BCUT2D eigenvalue weighted by Gasteiger charge is 2.22. The molecule has 0 bridgehead atoms. The Hall–Kier alpha value is -3.35. The van der Waals surface area contributed by atoms with E-state index in [0.29, 0.717) is 24.2 Å². The van der Waals surface area contributed by atoms with Crippen molar-refractivity contribution < 1.29 is 18.8 Å². The molecule has 0 saturated carbocycles. The molecule has 2 amide bonds. The average molecular weight is 381 g/mol. The zero-order chi connectivity index (χ0) is 20.1. The minimum Gasteiger partial charge on any atom is -0.467 e. The number of fused-ring (bicyclic) bond motifs is 1. The molecule has 2 aromatic heterocycles. The number of benzene rings is 1. The number of hydrogen-bond acceptors (Lipinski definition) is 4. The molecule has 0 atom stereocenters. The molecule has 0 aliphatic carbocycles. The molecule has 3 rings (SSSR count). The summed E-state index contributed by atoms with van der Waals surface area (Å²) in [6.07, 6.45) is 3.09. The average Bonchev–Trinajstić information content (AvgIpc) is 3.35. The number of carbonyl (C=O) groups excluding carboxylic acids is 3. The molecule has 0 unspecified atom stereocenters. The van der Waals surface area contributed by atoms with E-state index < -0.39 is 11.7 Å². The minimum absolute atomic E-state index is 0.0352. The van der Waals surface area contributed by atoms with Crippen LogP contribution in [0.25, 0.3) is 10.9 Å². The first-order valence-electron chi connectivity index (χ1n) is 9.25. The molecule has 0 aliphatic heterocycles. The largest absolute Gasteiger partial charge is 0.467 e. The Morgan fingerprint density at radius 3 is 2.50 bits per heavy atom. The third kappa shape index (κ3) is 3.98. The lowest BCUT2D eigenvalue weighted by Gasteiger charge is -2.19. The number of para-hydroxylation sites is 1. The second-order valence-electron chi connectivity index (χ2n) is 6.35. The number of hydrogen-bond donors (Lipinski definition) is 1. The van der Waals surface area contributed by atoms with Gasteiger partial charge in [0.2, 0.25) is 5.91 Å². The molecule has 2 heterocycles. The summed E-state index contributed by atoms with van der Waals surface area (Å²) >= 11 is 0. The lowest BCUT2D eigenvalue weighted by atomic mass is 10.1. The highest BCUT2D eigenvalue weighted by molar-refractivity contribution is 6.45. The van der Waals surface area contributed by atoms with E-state index in [2.05, 4.69) is 5.32 Å². The van der Waals surface area contributed by atoms with Crippen molar-refractivity contribution in [3.63, 3.8) is 0 Å². The number of likely N-dealkylation sites (N-methyl/N-ethyl adjacent to an activating group) is 1. The molecule has 3 aromatic rings. The monoisotopic (exact) mass is 381 g/mol. The van der Waals surface area contributed by atoms with Gasteiger partial charge in [0.1, 0.15) is 12.3 Å². The first-order chi connectivity index (χ1) is 13.5. The maximum Gasteiger partial charge on any atom is 0.292 e. The number of rotatable bonds is 8. The molecular formula is C21H23N3O4. The number of nitrogens with one attached hydrogen (secondary N) is 1. The van der Waals surface area contributed by atoms with E-state index in [0.717, 1.165) is 5.52 Å². The molecule has 7 heteroatoms. The summed E-state index contributed by atoms with van der Waals surface area (Å²) < 4.78 is 6.88. The van der Waals surface area contributed by atoms with Crippen LogP contribution < -0.4 is 5.32 Å². The van der Waals surface area contributed by atoms with Gasteiger partial charge in [-0.15, -0.1) is 0 Å². The van der Waals surface area contributed by atoms with Crippen LogP contribution >= 0.6 is 0 Å². The molecule has 7 nitrogen and oxygen atoms in total. The van der Waals surface area contributed by atoms with Gasteiger partial charge in [0, 0.05) is 30.2 Å². The standard InChI is InChI=1S/C21H23N3O4/c1-3-23(4-2)19(25)14-24-13-17(16-9-5-6-10-18(16)24)20(26)21(27)22-12-15-8-7-11-28-15/h5-11,13H,3-4,12,14H2,1-2H3,(H,22,27). The van der Waals surface area contributed by atoms with Gasteiger partial charge < -0.3 is 19.2 Å². The number of Topliss-reactive ketones (excluding diaryl/α,β-unsaturated/α-hetero) is 1. The number of amides is 2. The molecule has 0 spiro atoms. The van der Waals surface area contributed by atoms with Crippen LogP contribution in [0.2, 0.25) is 0 Å². The zero-order valence-corrected chi connectivity index (χ0v) is 16.0. The van der Waals surface area contributed by atoms with Crippen molar-refractivity contribution in [3.05, 3.63) is 60.2 Å². The van der Waals surface area contributed by atoms with E-state index in [-0.39, 0.29) is 24.6 Å². The molecule has 0 radical (unpaired) electrons. The van der Waals surface area contributed by atoms with E-state index in [1.807, 2.05) is 26.0 Å². The fraction of sp³-hybridized carbons (Fsp3) is 0.286. The van der Waals surface area contributed by atoms with Crippen molar-refractivity contribution in [2.45, 2.75) is 26.9 Å². The summed E-state index contributed by atoms with van der Waals surface area (Å²) in [7, 11) is 0. The second-order valence-corrected chi connectivity index (χ2v) is 6.35. The molecule has 1 aromatic carbocycles. The number of furan rings is 1. The molecule has 28 heavy (non-hydrogen) atoms. The Morgan fingerprint density at radius 2 is 1.82 bits per heavy atom. The summed E-state index contributed by atoms with van der Waals surface area (Å²) in [6, 6.07) is 10.7. The molecular weight excluding hydrogens is 358 g/mol. The van der Waals surface area contributed by atoms with Crippen LogP contribution in [-0.2, 0) is 22.7 Å². The quantitative estimate of drug-likeness (QED) is 0.480. The maximum atomic E-state index is 12.7. The lowest BCUT2D eigenvalue weighted by Crippen LogP contribution is -2.33. The molecule has 146 valence electrons. The fourth-order valence-electron chi connectivity index (χ4n) is 3.16. The van der Waals surface area contributed by atoms with Gasteiger partial charge in [0.15, 0.2) is 0 Å². The van der Waals surface area contributed by atoms with E-state index >= 15 is 0 Å². The summed E-state index contributed by atoms with van der Waals surface area (Å²) in [4.78, 5) is 39.3. The highest BCUT2D eigenvalue weighted by Crippen LogP contribution is 2.22. The highest BCUT2D eigenvalue weighted by atomic mass is 16.3. The van der Waals surface area contributed by atoms with Gasteiger partial charge in [0.05, 0.1) is 18.4 Å². The summed E-state index contributed by atoms with van der Waals surface area (Å²) in [5.74, 6) is -0.827. The number of ketones is 1. The molecule has 0 fully saturated rings. The maximum absolute atomic E-state index is 12.7. The van der Waals surface area contributed by atoms with Crippen molar-refractivity contribution in [3.8, 4) is 0 Å². The van der Waals surface area contributed by atoms with Crippen LogP contribution in [0.4, 0.5) is 0 Å². The predicted octanol–water partition coefficient (Wildman–Crippen LogP) is 2.60. The predicted molar refractivity (Wildman–Crippen MR) is 105 cm³/mol. The summed E-state index contributed by atoms with van der Waals surface area (Å²) in [5, 5.41) is 3.21. The number of nitrogens with zero attached hydrogens (tertiary/aromatic N) is 2. The van der Waals surface area contributed by atoms with Gasteiger partial charge in [0.25, 0.3) is 11.7 Å². The van der Waals surface area contributed by atoms with Crippen LogP contribution in [0, 0.1) is 0 Å². The van der Waals surface area contributed by atoms with Gasteiger partial charge in [-0.3, -0.25) is 14.4 Å². The normalized spacial score (nSPS) is 10.8. The lowest BCUT2D eigenvalue weighted by molar-refractivity contribution is -0.131. The Labute approximate surface area is 162 Å². The van der Waals surface area contributed by atoms with Crippen molar-refractivity contribution in [1.82, 2.24) is 14.8 Å². The van der Waals surface area contributed by atoms with Crippen LogP contribution in [0.5, 0.6) is 0 Å². The third-order valence-corrected chi connectivity index (χ3v) is 4.66. The third-order valence-electron chi connectivity index (χ3n) is 4.66. The molecule has 0 saturated heterocycles. The van der Waals surface area contributed by atoms with Crippen LogP contribution in [-0.4, -0.2) is 40.2 Å². The summed E-state index contributed by atoms with van der Waals surface area (Å²) in [5.41, 5.74) is 1.02. The van der Waals surface area contributed by atoms with Crippen molar-refractivity contribution in [1.29, 1.82) is 0 Å². The van der Waals surface area contributed by atoms with E-state index in [1.54, 1.807) is 39.9 Å². The Kier molecular flexibility index (Phi) is 5.93. The fourth-order valence-corrected chi connectivity index (χ4v) is 3.16. The van der Waals surface area contributed by atoms with Crippen molar-refractivity contribution in [2.75, 3.05) is 13.1 Å². The first kappa shape index (κ1) is 19.4. The Morgan fingerprint density at radius 1 is 1.07 bits per heavy atom. The smallest absolute Gasteiger partial charge is 0.292 e. The number of aromatic nitrogens is 1. The van der Waals surface area contributed by atoms with Gasteiger partial charge in [-0.05, 0) is 32.0 Å². The SMILES string of the molecule is CCN(CC)C(=O)Cn1cc(C(=O)C(=O)NCc2ccco2)c2ccccc21. The van der Waals surface area contributed by atoms with Gasteiger partial charge in [-0.1, -0.05) is 18.2 Å².